The fraction of sp³-hybridized carbons (Fsp3) is 0.933. The Morgan fingerprint density at radius 3 is 2.35 bits per heavy atom. The maximum atomic E-state index is 12.2. The lowest BCUT2D eigenvalue weighted by atomic mass is 9.95. The molecule has 1 fully saturated rings. The topological polar surface area (TPSA) is 61.8 Å². The molecular weight excluding hydrogens is 256 g/mol. The van der Waals surface area contributed by atoms with Crippen molar-refractivity contribution in [2.75, 3.05) is 7.05 Å². The second-order valence-corrected chi connectivity index (χ2v) is 6.74. The molecule has 1 saturated carbocycles. The number of aliphatic hydroxyl groups excluding tert-OH is 1. The number of hydrogen-bond acceptors (Lipinski definition) is 4. The number of hydrogen-bond donors (Lipinski definition) is 2. The monoisotopic (exact) mass is 286 g/mol. The molecule has 5 nitrogen and oxygen atoms in total. The average molecular weight is 286 g/mol. The van der Waals surface area contributed by atoms with Crippen molar-refractivity contribution in [1.29, 1.82) is 0 Å². The van der Waals surface area contributed by atoms with Crippen molar-refractivity contribution in [2.45, 2.75) is 83.9 Å². The number of carbonyl (C=O) groups is 1. The van der Waals surface area contributed by atoms with E-state index < -0.39 is 18.1 Å². The van der Waals surface area contributed by atoms with Gasteiger partial charge in [-0.2, -0.15) is 0 Å². The lowest BCUT2D eigenvalue weighted by molar-refractivity contribution is -0.239. The Kier molecular flexibility index (Phi) is 6.43. The Morgan fingerprint density at radius 2 is 1.85 bits per heavy atom. The smallest absolute Gasteiger partial charge is 0.237 e. The van der Waals surface area contributed by atoms with E-state index in [0.29, 0.717) is 0 Å². The summed E-state index contributed by atoms with van der Waals surface area (Å²) in [5.74, 6) is -0.0454. The number of carbonyl (C=O) groups excluding carboxylic acids is 1. The van der Waals surface area contributed by atoms with Crippen molar-refractivity contribution < 1.29 is 14.6 Å². The third-order valence-corrected chi connectivity index (χ3v) is 3.75. The average Bonchev–Trinajstić information content (AvgIpc) is 2.36. The van der Waals surface area contributed by atoms with Gasteiger partial charge in [0.15, 0.2) is 0 Å². The fourth-order valence-corrected chi connectivity index (χ4v) is 2.34. The summed E-state index contributed by atoms with van der Waals surface area (Å²) in [7, 11) is 1.70. The van der Waals surface area contributed by atoms with E-state index in [0.717, 1.165) is 12.8 Å². The predicted octanol–water partition coefficient (Wildman–Crippen LogP) is 1.85. The van der Waals surface area contributed by atoms with Gasteiger partial charge < -0.3 is 15.2 Å². The van der Waals surface area contributed by atoms with Crippen molar-refractivity contribution in [3.63, 3.8) is 0 Å². The summed E-state index contributed by atoms with van der Waals surface area (Å²) >= 11 is 0. The molecule has 5 heteroatoms. The van der Waals surface area contributed by atoms with Gasteiger partial charge in [0.1, 0.15) is 0 Å². The van der Waals surface area contributed by atoms with Gasteiger partial charge in [-0.3, -0.25) is 4.79 Å². The number of amides is 1. The van der Waals surface area contributed by atoms with Gasteiger partial charge in [0.25, 0.3) is 0 Å². The van der Waals surface area contributed by atoms with Crippen LogP contribution in [0.25, 0.3) is 0 Å². The van der Waals surface area contributed by atoms with Crippen molar-refractivity contribution in [1.82, 2.24) is 10.2 Å². The number of rotatable bonds is 5. The first kappa shape index (κ1) is 17.4. The molecule has 2 atom stereocenters. The van der Waals surface area contributed by atoms with E-state index in [1.165, 1.54) is 19.3 Å². The third kappa shape index (κ3) is 5.77. The van der Waals surface area contributed by atoms with Gasteiger partial charge in [-0.15, -0.1) is 0 Å². The number of likely N-dealkylation sites (N-methyl/N-ethyl adjacent to an activating group) is 1. The Labute approximate surface area is 122 Å². The Hall–Kier alpha value is -0.650. The zero-order valence-corrected chi connectivity index (χ0v) is 13.5. The van der Waals surface area contributed by atoms with Crippen molar-refractivity contribution in [2.24, 2.45) is 0 Å². The van der Waals surface area contributed by atoms with Crippen LogP contribution >= 0.6 is 0 Å². The molecule has 1 aliphatic carbocycles. The molecule has 1 aliphatic rings. The van der Waals surface area contributed by atoms with E-state index in [-0.39, 0.29) is 11.9 Å². The minimum Gasteiger partial charge on any atom is -0.356 e. The zero-order valence-electron chi connectivity index (χ0n) is 13.5. The molecule has 2 unspecified atom stereocenters. The first-order valence-corrected chi connectivity index (χ1v) is 7.59. The number of nitrogens with zero attached hydrogens (tertiary/aromatic N) is 1. The van der Waals surface area contributed by atoms with Gasteiger partial charge in [-0.1, -0.05) is 19.3 Å². The van der Waals surface area contributed by atoms with Crippen LogP contribution in [-0.2, 0) is 9.53 Å². The standard InChI is InChI=1S/C15H30N2O3/c1-11(17(5)14(19)20-15(2,3)4)13(18)16-12-9-7-6-8-10-12/h11-12,14,19H,6-10H2,1-5H3,(H,16,18). The minimum atomic E-state index is -1.08. The van der Waals surface area contributed by atoms with Gasteiger partial charge in [0, 0.05) is 6.04 Å². The maximum Gasteiger partial charge on any atom is 0.237 e. The lowest BCUT2D eigenvalue weighted by Gasteiger charge is -2.34. The molecule has 1 rings (SSSR count). The number of aliphatic hydroxyl groups is 1. The van der Waals surface area contributed by atoms with E-state index >= 15 is 0 Å². The second-order valence-electron chi connectivity index (χ2n) is 6.74. The van der Waals surface area contributed by atoms with E-state index in [9.17, 15) is 9.90 Å². The molecule has 0 aliphatic heterocycles. The van der Waals surface area contributed by atoms with Gasteiger partial charge in [0.2, 0.25) is 12.3 Å². The van der Waals surface area contributed by atoms with Crippen molar-refractivity contribution >= 4 is 5.91 Å². The molecule has 0 spiro atoms. The summed E-state index contributed by atoms with van der Waals surface area (Å²) in [6.07, 6.45) is 4.67. The first-order valence-electron chi connectivity index (χ1n) is 7.59. The van der Waals surface area contributed by atoms with Gasteiger partial charge in [0.05, 0.1) is 11.6 Å². The van der Waals surface area contributed by atoms with Crippen LogP contribution in [-0.4, -0.2) is 47.1 Å². The lowest BCUT2D eigenvalue weighted by Crippen LogP contribution is -2.52. The quantitative estimate of drug-likeness (QED) is 0.757. The van der Waals surface area contributed by atoms with Crippen LogP contribution in [0.5, 0.6) is 0 Å². The predicted molar refractivity (Wildman–Crippen MR) is 79.1 cm³/mol. The van der Waals surface area contributed by atoms with E-state index in [1.807, 2.05) is 20.8 Å². The Balaban J connectivity index is 2.45. The molecule has 1 amide bonds. The molecule has 0 heterocycles. The van der Waals surface area contributed by atoms with Crippen molar-refractivity contribution in [3.05, 3.63) is 0 Å². The molecule has 0 saturated heterocycles. The van der Waals surface area contributed by atoms with Crippen LogP contribution in [0.15, 0.2) is 0 Å². The summed E-state index contributed by atoms with van der Waals surface area (Å²) in [5, 5.41) is 13.1. The SMILES string of the molecule is CC(C(=O)NC1CCCCC1)N(C)C(O)OC(C)(C)C. The summed E-state index contributed by atoms with van der Waals surface area (Å²) < 4.78 is 5.46. The molecule has 0 bridgehead atoms. The van der Waals surface area contributed by atoms with Crippen LogP contribution in [0.1, 0.15) is 59.8 Å². The van der Waals surface area contributed by atoms with Crippen LogP contribution in [0.2, 0.25) is 0 Å². The number of nitrogens with one attached hydrogen (secondary N) is 1. The first-order chi connectivity index (χ1) is 9.20. The van der Waals surface area contributed by atoms with Crippen molar-refractivity contribution in [3.8, 4) is 0 Å². The largest absolute Gasteiger partial charge is 0.356 e. The second kappa shape index (κ2) is 7.38. The third-order valence-electron chi connectivity index (χ3n) is 3.75. The van der Waals surface area contributed by atoms with Gasteiger partial charge >= 0.3 is 0 Å². The number of ether oxygens (including phenoxy) is 1. The molecule has 0 radical (unpaired) electrons. The summed E-state index contributed by atoms with van der Waals surface area (Å²) in [6, 6.07) is -0.137. The van der Waals surface area contributed by atoms with Crippen LogP contribution < -0.4 is 5.32 Å². The minimum absolute atomic E-state index is 0.0454. The molecule has 2 N–H and O–H groups in total. The van der Waals surface area contributed by atoms with E-state index in [2.05, 4.69) is 5.32 Å². The van der Waals surface area contributed by atoms with Crippen LogP contribution in [0, 0.1) is 0 Å². The highest BCUT2D eigenvalue weighted by Gasteiger charge is 2.28. The van der Waals surface area contributed by atoms with E-state index in [1.54, 1.807) is 18.9 Å². The molecule has 118 valence electrons. The van der Waals surface area contributed by atoms with Gasteiger partial charge in [-0.05, 0) is 47.6 Å². The molecular formula is C15H30N2O3. The molecule has 0 aromatic heterocycles. The summed E-state index contributed by atoms with van der Waals surface area (Å²) in [6.45, 7) is 7.40. The molecule has 20 heavy (non-hydrogen) atoms. The molecule has 0 aromatic rings. The highest BCUT2D eigenvalue weighted by molar-refractivity contribution is 5.81. The fourth-order valence-electron chi connectivity index (χ4n) is 2.34. The highest BCUT2D eigenvalue weighted by atomic mass is 16.6. The van der Waals surface area contributed by atoms with Gasteiger partial charge in [-0.25, -0.2) is 4.90 Å². The van der Waals surface area contributed by atoms with Crippen LogP contribution in [0.4, 0.5) is 0 Å². The normalized spacial score (nSPS) is 20.8. The van der Waals surface area contributed by atoms with Crippen LogP contribution in [0.3, 0.4) is 0 Å². The Morgan fingerprint density at radius 1 is 1.30 bits per heavy atom. The zero-order chi connectivity index (χ0) is 15.3. The highest BCUT2D eigenvalue weighted by Crippen LogP contribution is 2.18. The maximum absolute atomic E-state index is 12.2. The summed E-state index contributed by atoms with van der Waals surface area (Å²) in [5.41, 5.74) is -0.451. The summed E-state index contributed by atoms with van der Waals surface area (Å²) in [4.78, 5) is 13.7. The molecule has 0 aromatic carbocycles. The Bertz CT molecular complexity index is 309. The van der Waals surface area contributed by atoms with E-state index in [4.69, 9.17) is 4.74 Å².